The number of aromatic nitrogens is 6. The van der Waals surface area contributed by atoms with Crippen LogP contribution in [-0.2, 0) is 0 Å². The molecular formula is C101H64N6S2. The Labute approximate surface area is 636 Å². The predicted octanol–water partition coefficient (Wildman–Crippen LogP) is 27.8. The lowest BCUT2D eigenvalue weighted by Crippen LogP contribution is -1.98. The third kappa shape index (κ3) is 11.0. The van der Waals surface area contributed by atoms with E-state index < -0.39 is 0 Å². The zero-order chi connectivity index (χ0) is 71.9. The number of hydrogen-bond donors (Lipinski definition) is 0. The van der Waals surface area contributed by atoms with Gasteiger partial charge in [-0.1, -0.05) is 285 Å². The van der Waals surface area contributed by atoms with Crippen LogP contribution in [0.2, 0.25) is 0 Å². The molecule has 0 saturated carbocycles. The summed E-state index contributed by atoms with van der Waals surface area (Å²) < 4.78 is 12.4. The first-order valence-corrected chi connectivity index (χ1v) is 38.5. The van der Waals surface area contributed by atoms with Gasteiger partial charge in [0.05, 0.1) is 44.5 Å². The van der Waals surface area contributed by atoms with Crippen LogP contribution in [0.4, 0.5) is 0 Å². The standard InChI is InChI=1S/C52H33N3S.C49H31N3S/c1-5-14-34(15-6-1)39-26-30-47-44(32-39)42-29-31-48-49(43-23-13-22-41(51(43)56-48)35-16-7-2-8-17-35)50(42)55(47)40-27-24-37(25-28-40)46-33-45(36-18-9-3-10-19-36)53-52(54-46)38-20-11-4-12-21-38;1-4-13-32(14-5-1)35-25-29-43-41(31-35)39-28-30-45-46(40-20-12-19-38(48(40)53-45)33-15-6-2-7-16-33)47(39)51(43)37-26-23-34(24-27-37)49-50-42-21-10-11-22-44(42)52(49)36-17-8-3-9-18-36/h1-33H;1-31H. The summed E-state index contributed by atoms with van der Waals surface area (Å²) >= 11 is 3.77. The van der Waals surface area contributed by atoms with Crippen LogP contribution < -0.4 is 0 Å². The number of rotatable bonds is 11. The fourth-order valence-electron chi connectivity index (χ4n) is 16.3. The predicted molar refractivity (Wildman–Crippen MR) is 461 cm³/mol. The molecule has 6 aromatic heterocycles. The van der Waals surface area contributed by atoms with Gasteiger partial charge < -0.3 is 9.13 Å². The fraction of sp³-hybridized carbons (Fsp3) is 0. The zero-order valence-corrected chi connectivity index (χ0v) is 60.6. The van der Waals surface area contributed by atoms with Gasteiger partial charge in [-0.2, -0.15) is 0 Å². The van der Waals surface area contributed by atoms with Crippen molar-refractivity contribution in [3.63, 3.8) is 0 Å². The molecule has 0 aliphatic carbocycles. The van der Waals surface area contributed by atoms with Crippen molar-refractivity contribution in [1.29, 1.82) is 0 Å². The van der Waals surface area contributed by atoms with Gasteiger partial charge in [0, 0.05) is 101 Å². The molecular weight excluding hydrogens is 1360 g/mol. The number of fused-ring (bicyclic) bond motifs is 15. The average molecular weight is 1430 g/mol. The third-order valence-electron chi connectivity index (χ3n) is 21.4. The Hall–Kier alpha value is -13.9. The molecule has 6 heterocycles. The quantitative estimate of drug-likeness (QED) is 0.130. The van der Waals surface area contributed by atoms with Gasteiger partial charge in [0.1, 0.15) is 5.82 Å². The van der Waals surface area contributed by atoms with E-state index in [4.69, 9.17) is 15.0 Å². The Balaban J connectivity index is 0.000000139. The third-order valence-corrected chi connectivity index (χ3v) is 23.8. The van der Waals surface area contributed by atoms with Gasteiger partial charge in [-0.05, 0) is 148 Å². The van der Waals surface area contributed by atoms with E-state index in [9.17, 15) is 0 Å². The summed E-state index contributed by atoms with van der Waals surface area (Å²) in [7, 11) is 0. The van der Waals surface area contributed by atoms with Crippen LogP contribution in [0.1, 0.15) is 0 Å². The molecule has 0 fully saturated rings. The zero-order valence-electron chi connectivity index (χ0n) is 59.0. The lowest BCUT2D eigenvalue weighted by Gasteiger charge is -2.12. The first kappa shape index (κ1) is 63.6. The van der Waals surface area contributed by atoms with E-state index in [1.54, 1.807) is 0 Å². The maximum Gasteiger partial charge on any atom is 0.160 e. The molecule has 0 N–H and O–H groups in total. The van der Waals surface area contributed by atoms with Crippen molar-refractivity contribution < 1.29 is 0 Å². The number of benzene rings is 16. The van der Waals surface area contributed by atoms with Crippen LogP contribution in [-0.4, -0.2) is 28.7 Å². The number of nitrogens with zero attached hydrogens (tertiary/aromatic N) is 6. The minimum Gasteiger partial charge on any atom is -0.309 e. The van der Waals surface area contributed by atoms with E-state index in [0.717, 1.165) is 67.6 Å². The molecule has 0 bridgehead atoms. The number of thiophene rings is 2. The van der Waals surface area contributed by atoms with Gasteiger partial charge in [-0.25, -0.2) is 15.0 Å². The van der Waals surface area contributed by atoms with Gasteiger partial charge in [-0.15, -0.1) is 22.7 Å². The Bertz CT molecular complexity index is 7150. The van der Waals surface area contributed by atoms with Crippen molar-refractivity contribution in [2.24, 2.45) is 0 Å². The van der Waals surface area contributed by atoms with Crippen molar-refractivity contribution in [2.75, 3.05) is 0 Å². The van der Waals surface area contributed by atoms with E-state index in [1.807, 2.05) is 46.9 Å². The van der Waals surface area contributed by atoms with Crippen molar-refractivity contribution >= 4 is 118 Å². The Morgan fingerprint density at radius 3 is 1.08 bits per heavy atom. The van der Waals surface area contributed by atoms with E-state index in [1.165, 1.54) is 128 Å². The number of imidazole rings is 1. The molecule has 510 valence electrons. The highest BCUT2D eigenvalue weighted by atomic mass is 32.1. The number of hydrogen-bond acceptors (Lipinski definition) is 5. The van der Waals surface area contributed by atoms with Crippen LogP contribution in [0, 0.1) is 0 Å². The SMILES string of the molecule is c1ccc(-c2ccc3c(c2)c2ccc4sc5c(-c6ccccc6)cccc5c4c2n3-c2ccc(-c3cc(-c4ccccc4)nc(-c4ccccc4)n3)cc2)cc1.c1ccc(-c2ccc3c(c2)c2ccc4sc5c(-c6ccccc6)cccc5c4c2n3-c2ccc(-c3nc4ccccc4n3-c3ccccc3)cc2)cc1. The molecule has 0 aliphatic rings. The highest BCUT2D eigenvalue weighted by Crippen LogP contribution is 2.49. The molecule has 6 nitrogen and oxygen atoms in total. The molecule has 22 aromatic rings. The van der Waals surface area contributed by atoms with Crippen LogP contribution in [0.5, 0.6) is 0 Å². The maximum absolute atomic E-state index is 5.15. The van der Waals surface area contributed by atoms with Gasteiger partial charge >= 0.3 is 0 Å². The van der Waals surface area contributed by atoms with E-state index in [0.29, 0.717) is 5.82 Å². The highest BCUT2D eigenvalue weighted by Gasteiger charge is 2.24. The summed E-state index contributed by atoms with van der Waals surface area (Å²) in [5.41, 5.74) is 26.1. The minimum atomic E-state index is 0.712. The molecule has 0 amide bonds. The molecule has 8 heteroatoms. The monoisotopic (exact) mass is 1420 g/mol. The second-order valence-electron chi connectivity index (χ2n) is 27.7. The Morgan fingerprint density at radius 1 is 0.220 bits per heavy atom. The minimum absolute atomic E-state index is 0.712. The average Bonchev–Trinajstić information content (AvgIpc) is 1.56. The van der Waals surface area contributed by atoms with Crippen molar-refractivity contribution in [2.45, 2.75) is 0 Å². The van der Waals surface area contributed by atoms with Crippen molar-refractivity contribution in [1.82, 2.24) is 28.7 Å². The molecule has 0 spiro atoms. The summed E-state index contributed by atoms with van der Waals surface area (Å²) in [5.74, 6) is 1.64. The normalized spacial score (nSPS) is 11.7. The van der Waals surface area contributed by atoms with Gasteiger partial charge in [0.2, 0.25) is 0 Å². The molecule has 0 unspecified atom stereocenters. The van der Waals surface area contributed by atoms with Crippen LogP contribution in [0.3, 0.4) is 0 Å². The highest BCUT2D eigenvalue weighted by molar-refractivity contribution is 7.27. The fourth-order valence-corrected chi connectivity index (χ4v) is 18.8. The summed E-state index contributed by atoms with van der Waals surface area (Å²) in [6.07, 6.45) is 0. The second kappa shape index (κ2) is 26.6. The second-order valence-corrected chi connectivity index (χ2v) is 29.8. The topological polar surface area (TPSA) is 53.5 Å². The maximum atomic E-state index is 5.15. The van der Waals surface area contributed by atoms with E-state index >= 15 is 0 Å². The van der Waals surface area contributed by atoms with Crippen LogP contribution >= 0.6 is 22.7 Å². The van der Waals surface area contributed by atoms with Crippen molar-refractivity contribution in [3.05, 3.63) is 388 Å². The van der Waals surface area contributed by atoms with E-state index in [-0.39, 0.29) is 0 Å². The van der Waals surface area contributed by atoms with E-state index in [2.05, 4.69) is 378 Å². The molecule has 16 aromatic carbocycles. The summed E-state index contributed by atoms with van der Waals surface area (Å²) in [6, 6.07) is 139. The molecule has 0 saturated heterocycles. The number of para-hydroxylation sites is 3. The lowest BCUT2D eigenvalue weighted by molar-refractivity contribution is 1.10. The molecule has 22 rings (SSSR count). The van der Waals surface area contributed by atoms with Crippen molar-refractivity contribution in [3.8, 4) is 107 Å². The first-order valence-electron chi connectivity index (χ1n) is 36.9. The summed E-state index contributed by atoms with van der Waals surface area (Å²) in [4.78, 5) is 15.3. The van der Waals surface area contributed by atoms with Gasteiger partial charge in [0.25, 0.3) is 0 Å². The lowest BCUT2D eigenvalue weighted by atomic mass is 10.0. The smallest absolute Gasteiger partial charge is 0.160 e. The van der Waals surface area contributed by atoms with Crippen LogP contribution in [0.15, 0.2) is 388 Å². The molecule has 0 radical (unpaired) electrons. The molecule has 0 aliphatic heterocycles. The molecule has 109 heavy (non-hydrogen) atoms. The van der Waals surface area contributed by atoms with Crippen LogP contribution in [0.25, 0.3) is 202 Å². The summed E-state index contributed by atoms with van der Waals surface area (Å²) in [6.45, 7) is 0. The van der Waals surface area contributed by atoms with Gasteiger partial charge in [-0.3, -0.25) is 4.57 Å². The Morgan fingerprint density at radius 2 is 0.606 bits per heavy atom. The first-order chi connectivity index (χ1) is 54.1. The largest absolute Gasteiger partial charge is 0.309 e. The molecule has 0 atom stereocenters. The summed E-state index contributed by atoms with van der Waals surface area (Å²) in [5, 5.41) is 10.1. The Kier molecular flexibility index (Phi) is 15.5. The van der Waals surface area contributed by atoms with Gasteiger partial charge in [0.15, 0.2) is 5.82 Å².